The van der Waals surface area contributed by atoms with Crippen molar-refractivity contribution >= 4 is 12.3 Å². The highest BCUT2D eigenvalue weighted by atomic mass is 17.3. The molecule has 1 N–H and O–H groups in total. The summed E-state index contributed by atoms with van der Waals surface area (Å²) in [4.78, 5) is 28.0. The third kappa shape index (κ3) is 9.74. The minimum Gasteiger partial charge on any atom is -0.447 e. The number of unbranched alkanes of at least 4 members (excludes halogenated alkanes) is 2. The van der Waals surface area contributed by atoms with Gasteiger partial charge in [-0.2, -0.15) is 9.68 Å². The van der Waals surface area contributed by atoms with Crippen molar-refractivity contribution in [1.82, 2.24) is 0 Å². The highest BCUT2D eigenvalue weighted by Gasteiger charge is 2.08. The van der Waals surface area contributed by atoms with E-state index in [9.17, 15) is 9.59 Å². The maximum atomic E-state index is 10.7. The van der Waals surface area contributed by atoms with Gasteiger partial charge < -0.3 is 9.84 Å². The molecule has 0 atom stereocenters. The van der Waals surface area contributed by atoms with Gasteiger partial charge in [0.1, 0.15) is 0 Å². The highest BCUT2D eigenvalue weighted by molar-refractivity contribution is 5.62. The lowest BCUT2D eigenvalue weighted by molar-refractivity contribution is -0.213. The van der Waals surface area contributed by atoms with E-state index in [0.717, 1.165) is 25.2 Å². The number of ether oxygens (including phenoxy) is 1. The predicted octanol–water partition coefficient (Wildman–Crippen LogP) is 3.75. The Hall–Kier alpha value is -1.46. The molecule has 0 fully saturated rings. The van der Waals surface area contributed by atoms with Gasteiger partial charge in [0, 0.05) is 0 Å². The molecule has 106 valence electrons. The second kappa shape index (κ2) is 10.7. The lowest BCUT2D eigenvalue weighted by Crippen LogP contribution is -2.11. The van der Waals surface area contributed by atoms with Crippen LogP contribution in [0, 0.1) is 5.92 Å². The number of carboxylic acid groups (broad SMARTS) is 1. The van der Waals surface area contributed by atoms with Crippen LogP contribution in [0.1, 0.15) is 52.4 Å². The van der Waals surface area contributed by atoms with Crippen molar-refractivity contribution in [3.8, 4) is 0 Å². The third-order valence-electron chi connectivity index (χ3n) is 2.81. The molecule has 0 unspecified atom stereocenters. The first-order chi connectivity index (χ1) is 8.60. The van der Waals surface area contributed by atoms with Crippen molar-refractivity contribution in [2.24, 2.45) is 5.92 Å². The van der Waals surface area contributed by atoms with E-state index in [0.29, 0.717) is 0 Å². The summed E-state index contributed by atoms with van der Waals surface area (Å²) in [5, 5.41) is 8.05. The number of hydrogen-bond acceptors (Lipinski definition) is 5. The molecule has 0 aliphatic carbocycles. The van der Waals surface area contributed by atoms with Crippen LogP contribution in [0.2, 0.25) is 0 Å². The van der Waals surface area contributed by atoms with Crippen LogP contribution in [-0.4, -0.2) is 24.0 Å². The van der Waals surface area contributed by atoms with Crippen LogP contribution in [0.5, 0.6) is 0 Å². The molecule has 0 aliphatic heterocycles. The predicted molar refractivity (Wildman–Crippen MR) is 64.1 cm³/mol. The molecule has 6 heteroatoms. The molecule has 0 spiro atoms. The van der Waals surface area contributed by atoms with Gasteiger partial charge in [-0.05, 0) is 12.3 Å². The van der Waals surface area contributed by atoms with Gasteiger partial charge in [-0.15, -0.1) is 0 Å². The Balaban J connectivity index is 3.34. The molecule has 0 rings (SSSR count). The van der Waals surface area contributed by atoms with E-state index < -0.39 is 12.3 Å². The standard InChI is InChI=1S/C12H22O6/c1-3-10(4-2)8-6-5-7-9-16-12(15)18-17-11(13)14/h10H,3-9H2,1-2H3,(H,13,14). The van der Waals surface area contributed by atoms with Crippen molar-refractivity contribution in [2.45, 2.75) is 52.4 Å². The third-order valence-corrected chi connectivity index (χ3v) is 2.81. The van der Waals surface area contributed by atoms with Crippen LogP contribution >= 0.6 is 0 Å². The Morgan fingerprint density at radius 2 is 1.72 bits per heavy atom. The first-order valence-corrected chi connectivity index (χ1v) is 6.34. The summed E-state index contributed by atoms with van der Waals surface area (Å²) in [6, 6.07) is 0. The van der Waals surface area contributed by atoms with Gasteiger partial charge in [0.15, 0.2) is 0 Å². The van der Waals surface area contributed by atoms with E-state index in [1.807, 2.05) is 0 Å². The van der Waals surface area contributed by atoms with Crippen molar-refractivity contribution in [3.63, 3.8) is 0 Å². The molecule has 0 aromatic rings. The number of carbonyl (C=O) groups is 2. The van der Waals surface area contributed by atoms with E-state index in [1.54, 1.807) is 0 Å². The molecule has 0 aliphatic rings. The van der Waals surface area contributed by atoms with Gasteiger partial charge in [0.2, 0.25) is 0 Å². The smallest absolute Gasteiger partial charge is 0.447 e. The molecular formula is C12H22O6. The summed E-state index contributed by atoms with van der Waals surface area (Å²) < 4.78 is 4.60. The molecule has 0 radical (unpaired) electrons. The van der Waals surface area contributed by atoms with Gasteiger partial charge >= 0.3 is 12.3 Å². The zero-order valence-corrected chi connectivity index (χ0v) is 11.0. The average molecular weight is 262 g/mol. The molecule has 0 bridgehead atoms. The maximum absolute atomic E-state index is 10.7. The van der Waals surface area contributed by atoms with E-state index >= 15 is 0 Å². The van der Waals surface area contributed by atoms with Gasteiger partial charge in [0.25, 0.3) is 0 Å². The van der Waals surface area contributed by atoms with Crippen LogP contribution in [0.3, 0.4) is 0 Å². The summed E-state index contributed by atoms with van der Waals surface area (Å²) in [7, 11) is 0. The fourth-order valence-electron chi connectivity index (χ4n) is 1.66. The first-order valence-electron chi connectivity index (χ1n) is 6.34. The lowest BCUT2D eigenvalue weighted by atomic mass is 9.96. The Labute approximate surface area is 107 Å². The lowest BCUT2D eigenvalue weighted by Gasteiger charge is -2.11. The minimum atomic E-state index is -1.68. The van der Waals surface area contributed by atoms with Gasteiger partial charge in [-0.25, -0.2) is 9.68 Å². The van der Waals surface area contributed by atoms with Crippen molar-refractivity contribution in [2.75, 3.05) is 6.61 Å². The van der Waals surface area contributed by atoms with Crippen molar-refractivity contribution < 1.29 is 29.2 Å². The molecule has 0 saturated carbocycles. The summed E-state index contributed by atoms with van der Waals surface area (Å²) in [5.74, 6) is 0.778. The van der Waals surface area contributed by atoms with E-state index in [1.165, 1.54) is 19.3 Å². The van der Waals surface area contributed by atoms with Gasteiger partial charge in [-0.3, -0.25) is 0 Å². The molecule has 6 nitrogen and oxygen atoms in total. The van der Waals surface area contributed by atoms with Crippen molar-refractivity contribution in [3.05, 3.63) is 0 Å². The molecule has 18 heavy (non-hydrogen) atoms. The summed E-state index contributed by atoms with van der Waals surface area (Å²) in [6.45, 7) is 4.59. The van der Waals surface area contributed by atoms with Crippen LogP contribution in [0.25, 0.3) is 0 Å². The molecule has 0 aromatic carbocycles. The Bertz CT molecular complexity index is 237. The average Bonchev–Trinajstić information content (AvgIpc) is 2.35. The van der Waals surface area contributed by atoms with Crippen LogP contribution in [0.4, 0.5) is 9.59 Å². The van der Waals surface area contributed by atoms with Gasteiger partial charge in [-0.1, -0.05) is 46.0 Å². The molecule has 0 aromatic heterocycles. The van der Waals surface area contributed by atoms with Crippen LogP contribution in [0.15, 0.2) is 0 Å². The van der Waals surface area contributed by atoms with Gasteiger partial charge in [0.05, 0.1) is 6.61 Å². The monoisotopic (exact) mass is 262 g/mol. The number of rotatable bonds is 8. The Morgan fingerprint density at radius 3 is 2.28 bits per heavy atom. The van der Waals surface area contributed by atoms with E-state index in [2.05, 4.69) is 28.4 Å². The molecule has 0 amide bonds. The zero-order chi connectivity index (χ0) is 13.8. The molecule has 0 heterocycles. The Kier molecular flexibility index (Phi) is 9.81. The first kappa shape index (κ1) is 16.5. The van der Waals surface area contributed by atoms with Crippen LogP contribution in [-0.2, 0) is 14.5 Å². The SMILES string of the molecule is CCC(CC)CCCCCOC(=O)OOC(=O)O. The maximum Gasteiger partial charge on any atom is 0.549 e. The quantitative estimate of drug-likeness (QED) is 0.310. The molecule has 0 saturated heterocycles. The Morgan fingerprint density at radius 1 is 1.06 bits per heavy atom. The molecular weight excluding hydrogens is 240 g/mol. The number of carbonyl (C=O) groups excluding carboxylic acids is 1. The minimum absolute atomic E-state index is 0.213. The largest absolute Gasteiger partial charge is 0.549 e. The van der Waals surface area contributed by atoms with Crippen LogP contribution < -0.4 is 0 Å². The van der Waals surface area contributed by atoms with E-state index in [-0.39, 0.29) is 6.61 Å². The van der Waals surface area contributed by atoms with E-state index in [4.69, 9.17) is 5.11 Å². The fourth-order valence-corrected chi connectivity index (χ4v) is 1.66. The summed E-state index contributed by atoms with van der Waals surface area (Å²) >= 11 is 0. The zero-order valence-electron chi connectivity index (χ0n) is 11.0. The normalized spacial score (nSPS) is 10.2. The highest BCUT2D eigenvalue weighted by Crippen LogP contribution is 2.16. The number of hydrogen-bond donors (Lipinski definition) is 1. The fraction of sp³-hybridized carbons (Fsp3) is 0.833. The second-order valence-electron chi connectivity index (χ2n) is 4.06. The topological polar surface area (TPSA) is 82.1 Å². The van der Waals surface area contributed by atoms with Crippen molar-refractivity contribution in [1.29, 1.82) is 0 Å². The second-order valence-corrected chi connectivity index (χ2v) is 4.06. The summed E-state index contributed by atoms with van der Waals surface area (Å²) in [5.41, 5.74) is 0. The summed E-state index contributed by atoms with van der Waals surface area (Å²) in [6.07, 6.45) is 3.61.